The average molecular weight is 657 g/mol. The fourth-order valence-electron chi connectivity index (χ4n) is 6.63. The third-order valence-corrected chi connectivity index (χ3v) is 12.0. The summed E-state index contributed by atoms with van der Waals surface area (Å²) in [5.74, 6) is 0. The van der Waals surface area contributed by atoms with E-state index in [4.69, 9.17) is 0 Å². The van der Waals surface area contributed by atoms with Crippen molar-refractivity contribution < 1.29 is 51.0 Å². The molecule has 0 saturated carbocycles. The maximum absolute atomic E-state index is 2.56. The van der Waals surface area contributed by atoms with Crippen LogP contribution in [-0.4, -0.2) is 8.07 Å². The van der Waals surface area contributed by atoms with Gasteiger partial charge in [0, 0.05) is 8.07 Å². The van der Waals surface area contributed by atoms with Crippen molar-refractivity contribution in [1.82, 2.24) is 0 Å². The van der Waals surface area contributed by atoms with E-state index in [1.165, 1.54) is 66.1 Å². The summed E-state index contributed by atoms with van der Waals surface area (Å²) in [6, 6.07) is 36.5. The standard InChI is InChI=1S/C36H34Si.2ClH.Zr/c1-23-13-17-27(18-14-23)31-11-7-9-29-21-25(3)35(33(29)31)37(5,6)36-26(4)22-30-10-8-12-32(34(30)36)28-19-15-24(2)16-20-28;;;/h7-22H,1-6H3;2*1H;/q-2;;;+4/p-2. The van der Waals surface area contributed by atoms with Gasteiger partial charge in [-0.15, -0.1) is 69.1 Å². The minimum Gasteiger partial charge on any atom is -1.00 e. The molecular weight excluding hydrogens is 623 g/mol. The molecule has 0 spiro atoms. The molecule has 6 aromatic rings. The fourth-order valence-corrected chi connectivity index (χ4v) is 10.8. The molecular formula is C36H34Cl2SiZr. The van der Waals surface area contributed by atoms with E-state index < -0.39 is 8.07 Å². The molecule has 0 aliphatic rings. The first kappa shape index (κ1) is 32.3. The van der Waals surface area contributed by atoms with Gasteiger partial charge in [-0.1, -0.05) is 110 Å². The van der Waals surface area contributed by atoms with Crippen LogP contribution in [0.2, 0.25) is 13.1 Å². The zero-order valence-corrected chi connectivity index (χ0v) is 29.0. The van der Waals surface area contributed by atoms with Crippen molar-refractivity contribution in [2.45, 2.75) is 40.8 Å². The number of halogens is 2. The third kappa shape index (κ3) is 5.37. The zero-order valence-electron chi connectivity index (χ0n) is 24.0. The minimum atomic E-state index is -2.12. The monoisotopic (exact) mass is 654 g/mol. The van der Waals surface area contributed by atoms with Gasteiger partial charge in [-0.2, -0.15) is 10.4 Å². The first-order valence-electron chi connectivity index (χ1n) is 13.3. The maximum Gasteiger partial charge on any atom is 4.00 e. The van der Waals surface area contributed by atoms with Crippen molar-refractivity contribution in [3.8, 4) is 22.3 Å². The van der Waals surface area contributed by atoms with Crippen LogP contribution in [0.3, 0.4) is 0 Å². The van der Waals surface area contributed by atoms with Crippen molar-refractivity contribution in [3.63, 3.8) is 0 Å². The van der Waals surface area contributed by atoms with Crippen LogP contribution >= 0.6 is 0 Å². The van der Waals surface area contributed by atoms with Gasteiger partial charge in [0.25, 0.3) is 0 Å². The molecule has 0 aliphatic heterocycles. The van der Waals surface area contributed by atoms with Crippen molar-refractivity contribution >= 4 is 40.0 Å². The van der Waals surface area contributed by atoms with Crippen LogP contribution in [0.15, 0.2) is 97.1 Å². The summed E-state index contributed by atoms with van der Waals surface area (Å²) in [5, 5.41) is 8.77. The van der Waals surface area contributed by atoms with Crippen LogP contribution in [0.4, 0.5) is 0 Å². The summed E-state index contributed by atoms with van der Waals surface area (Å²) in [6.45, 7) is 14.1. The Balaban J connectivity index is 0.00000147. The average Bonchev–Trinajstić information content (AvgIpc) is 3.41. The van der Waals surface area contributed by atoms with Crippen molar-refractivity contribution in [2.24, 2.45) is 0 Å². The predicted octanol–water partition coefficient (Wildman–Crippen LogP) is 2.83. The van der Waals surface area contributed by atoms with Crippen LogP contribution in [0.1, 0.15) is 22.3 Å². The molecule has 0 N–H and O–H groups in total. The zero-order chi connectivity index (χ0) is 25.9. The Kier molecular flexibility index (Phi) is 9.96. The third-order valence-electron chi connectivity index (χ3n) is 8.20. The first-order chi connectivity index (χ1) is 17.8. The van der Waals surface area contributed by atoms with E-state index in [0.29, 0.717) is 0 Å². The van der Waals surface area contributed by atoms with Gasteiger partial charge < -0.3 is 24.8 Å². The smallest absolute Gasteiger partial charge is 1.00 e. The minimum absolute atomic E-state index is 0. The van der Waals surface area contributed by atoms with Crippen LogP contribution in [0, 0.1) is 27.7 Å². The summed E-state index contributed by atoms with van der Waals surface area (Å²) >= 11 is 0. The molecule has 0 radical (unpaired) electrons. The molecule has 0 amide bonds. The molecule has 40 heavy (non-hydrogen) atoms. The van der Waals surface area contributed by atoms with Gasteiger partial charge >= 0.3 is 26.2 Å². The molecule has 0 unspecified atom stereocenters. The SMILES string of the molecule is Cc1ccc(-c2cccc3[cH-]c(C)c([Si](C)(C)c4c(C)[cH-]c5cccc(-c6ccc(C)cc6)c45)c23)cc1.[Cl-].[Cl-].[Zr+4]. The van der Waals surface area contributed by atoms with Crippen molar-refractivity contribution in [1.29, 1.82) is 0 Å². The van der Waals surface area contributed by atoms with E-state index in [0.717, 1.165) is 0 Å². The second kappa shape index (κ2) is 12.3. The van der Waals surface area contributed by atoms with E-state index >= 15 is 0 Å². The molecule has 0 bridgehead atoms. The molecule has 200 valence electrons. The van der Waals surface area contributed by atoms with Crippen LogP contribution in [0.5, 0.6) is 0 Å². The van der Waals surface area contributed by atoms with Gasteiger partial charge in [0.15, 0.2) is 0 Å². The van der Waals surface area contributed by atoms with Gasteiger partial charge in [0.05, 0.1) is 0 Å². The molecule has 6 aromatic carbocycles. The molecule has 0 atom stereocenters. The van der Waals surface area contributed by atoms with Crippen LogP contribution < -0.4 is 35.2 Å². The van der Waals surface area contributed by atoms with Gasteiger partial charge in [0.1, 0.15) is 0 Å². The normalized spacial score (nSPS) is 11.2. The number of benzene rings is 4. The van der Waals surface area contributed by atoms with Gasteiger partial charge in [0.2, 0.25) is 0 Å². The fraction of sp³-hybridized carbons (Fsp3) is 0.167. The molecule has 0 nitrogen and oxygen atoms in total. The van der Waals surface area contributed by atoms with Gasteiger partial charge in [-0.25, -0.2) is 0 Å². The topological polar surface area (TPSA) is 0 Å². The molecule has 4 heteroatoms. The summed E-state index contributed by atoms with van der Waals surface area (Å²) in [6.07, 6.45) is 0. The Morgan fingerprint density at radius 1 is 0.500 bits per heavy atom. The second-order valence-corrected chi connectivity index (χ2v) is 15.6. The van der Waals surface area contributed by atoms with Crippen molar-refractivity contribution in [3.05, 3.63) is 119 Å². The van der Waals surface area contributed by atoms with E-state index in [-0.39, 0.29) is 51.0 Å². The quantitative estimate of drug-likeness (QED) is 0.203. The maximum atomic E-state index is 2.56. The number of aryl methyl sites for hydroxylation is 4. The Hall–Kier alpha value is -2.22. The largest absolute Gasteiger partial charge is 4.00 e. The molecule has 6 rings (SSSR count). The second-order valence-electron chi connectivity index (χ2n) is 11.3. The summed E-state index contributed by atoms with van der Waals surface area (Å²) in [5.41, 5.74) is 10.8. The molecule has 0 aromatic heterocycles. The Bertz CT molecular complexity index is 1640. The molecule has 0 heterocycles. The Labute approximate surface area is 271 Å². The van der Waals surface area contributed by atoms with E-state index in [9.17, 15) is 0 Å². The summed E-state index contributed by atoms with van der Waals surface area (Å²) in [4.78, 5) is 0. The van der Waals surface area contributed by atoms with Gasteiger partial charge in [-0.05, 0) is 25.0 Å². The molecule has 0 aliphatic carbocycles. The number of rotatable bonds is 4. The van der Waals surface area contributed by atoms with E-state index in [1.807, 2.05) is 0 Å². The number of hydrogen-bond donors (Lipinski definition) is 0. The number of fused-ring (bicyclic) bond motifs is 2. The summed E-state index contributed by atoms with van der Waals surface area (Å²) in [7, 11) is -2.12. The summed E-state index contributed by atoms with van der Waals surface area (Å²) < 4.78 is 0. The van der Waals surface area contributed by atoms with Gasteiger partial charge in [-0.3, -0.25) is 0 Å². The van der Waals surface area contributed by atoms with E-state index in [1.54, 1.807) is 10.4 Å². The molecule has 0 saturated heterocycles. The first-order valence-corrected chi connectivity index (χ1v) is 16.3. The Morgan fingerprint density at radius 2 is 0.850 bits per heavy atom. The number of hydrogen-bond acceptors (Lipinski definition) is 0. The predicted molar refractivity (Wildman–Crippen MR) is 166 cm³/mol. The van der Waals surface area contributed by atoms with Crippen LogP contribution in [0.25, 0.3) is 43.8 Å². The van der Waals surface area contributed by atoms with E-state index in [2.05, 4.69) is 138 Å². The molecule has 0 fully saturated rings. The van der Waals surface area contributed by atoms with Crippen LogP contribution in [-0.2, 0) is 26.2 Å². The van der Waals surface area contributed by atoms with Crippen molar-refractivity contribution in [2.75, 3.05) is 0 Å². The Morgan fingerprint density at radius 3 is 1.20 bits per heavy atom.